The molecule has 3 atom stereocenters. The SMILES string of the molecule is NC(c1ccncn1)C1CCOC2(CCSC2)C1. The highest BCUT2D eigenvalue weighted by atomic mass is 32.2. The summed E-state index contributed by atoms with van der Waals surface area (Å²) >= 11 is 2.00. The fourth-order valence-electron chi connectivity index (χ4n) is 2.98. The highest BCUT2D eigenvalue weighted by molar-refractivity contribution is 7.99. The van der Waals surface area contributed by atoms with Crippen LogP contribution in [-0.4, -0.2) is 33.7 Å². The molecule has 3 unspecified atom stereocenters. The van der Waals surface area contributed by atoms with Crippen LogP contribution in [0.15, 0.2) is 18.6 Å². The van der Waals surface area contributed by atoms with E-state index in [1.807, 2.05) is 17.8 Å². The smallest absolute Gasteiger partial charge is 0.115 e. The summed E-state index contributed by atoms with van der Waals surface area (Å²) in [7, 11) is 0. The molecule has 0 amide bonds. The van der Waals surface area contributed by atoms with Gasteiger partial charge in [-0.05, 0) is 37.0 Å². The molecule has 98 valence electrons. The quantitative estimate of drug-likeness (QED) is 0.883. The lowest BCUT2D eigenvalue weighted by atomic mass is 9.80. The molecule has 2 N–H and O–H groups in total. The van der Waals surface area contributed by atoms with Gasteiger partial charge < -0.3 is 10.5 Å². The topological polar surface area (TPSA) is 61.0 Å². The first-order valence-corrected chi connectivity index (χ1v) is 7.68. The van der Waals surface area contributed by atoms with Crippen molar-refractivity contribution in [2.75, 3.05) is 18.1 Å². The summed E-state index contributed by atoms with van der Waals surface area (Å²) in [4.78, 5) is 8.24. The Labute approximate surface area is 112 Å². The van der Waals surface area contributed by atoms with Crippen molar-refractivity contribution in [1.29, 1.82) is 0 Å². The first-order chi connectivity index (χ1) is 8.79. The minimum Gasteiger partial charge on any atom is -0.374 e. The van der Waals surface area contributed by atoms with Gasteiger partial charge >= 0.3 is 0 Å². The molecule has 0 bridgehead atoms. The second-order valence-electron chi connectivity index (χ2n) is 5.25. The summed E-state index contributed by atoms with van der Waals surface area (Å²) in [6.45, 7) is 0.837. The molecule has 0 radical (unpaired) electrons. The Morgan fingerprint density at radius 1 is 1.56 bits per heavy atom. The van der Waals surface area contributed by atoms with E-state index in [1.54, 1.807) is 12.5 Å². The zero-order valence-corrected chi connectivity index (χ0v) is 11.2. The second-order valence-corrected chi connectivity index (χ2v) is 6.35. The van der Waals surface area contributed by atoms with Crippen LogP contribution in [-0.2, 0) is 4.74 Å². The van der Waals surface area contributed by atoms with Crippen molar-refractivity contribution in [3.8, 4) is 0 Å². The summed E-state index contributed by atoms with van der Waals surface area (Å²) in [6.07, 6.45) is 6.63. The Bertz CT molecular complexity index is 394. The molecule has 4 nitrogen and oxygen atoms in total. The minimum absolute atomic E-state index is 0.0133. The molecule has 2 fully saturated rings. The van der Waals surface area contributed by atoms with Crippen LogP contribution in [0.2, 0.25) is 0 Å². The Balaban J connectivity index is 1.72. The van der Waals surface area contributed by atoms with Gasteiger partial charge in [-0.15, -0.1) is 0 Å². The number of thioether (sulfide) groups is 1. The lowest BCUT2D eigenvalue weighted by molar-refractivity contribution is -0.0836. The van der Waals surface area contributed by atoms with E-state index in [-0.39, 0.29) is 11.6 Å². The van der Waals surface area contributed by atoms with Crippen LogP contribution in [0.4, 0.5) is 0 Å². The number of hydrogen-bond acceptors (Lipinski definition) is 5. The van der Waals surface area contributed by atoms with Crippen molar-refractivity contribution in [3.05, 3.63) is 24.3 Å². The predicted molar refractivity (Wildman–Crippen MR) is 72.3 cm³/mol. The van der Waals surface area contributed by atoms with Crippen molar-refractivity contribution in [3.63, 3.8) is 0 Å². The molecular weight excluding hydrogens is 246 g/mol. The van der Waals surface area contributed by atoms with Crippen LogP contribution >= 0.6 is 11.8 Å². The molecule has 3 rings (SSSR count). The summed E-state index contributed by atoms with van der Waals surface area (Å²) in [5.41, 5.74) is 7.42. The zero-order chi connectivity index (χ0) is 12.4. The van der Waals surface area contributed by atoms with Crippen LogP contribution in [0, 0.1) is 5.92 Å². The van der Waals surface area contributed by atoms with E-state index in [1.165, 1.54) is 12.2 Å². The van der Waals surface area contributed by atoms with Gasteiger partial charge in [0.05, 0.1) is 17.3 Å². The Kier molecular flexibility index (Phi) is 3.54. The molecular formula is C13H19N3OS. The van der Waals surface area contributed by atoms with Crippen molar-refractivity contribution in [2.24, 2.45) is 11.7 Å². The largest absolute Gasteiger partial charge is 0.374 e. The maximum absolute atomic E-state index is 6.37. The third-order valence-electron chi connectivity index (χ3n) is 4.05. The van der Waals surface area contributed by atoms with E-state index in [0.717, 1.165) is 30.9 Å². The van der Waals surface area contributed by atoms with Crippen LogP contribution in [0.5, 0.6) is 0 Å². The van der Waals surface area contributed by atoms with E-state index in [9.17, 15) is 0 Å². The lowest BCUT2D eigenvalue weighted by Gasteiger charge is -2.39. The fraction of sp³-hybridized carbons (Fsp3) is 0.692. The van der Waals surface area contributed by atoms with E-state index in [4.69, 9.17) is 10.5 Å². The van der Waals surface area contributed by atoms with Gasteiger partial charge in [0.25, 0.3) is 0 Å². The Morgan fingerprint density at radius 2 is 2.50 bits per heavy atom. The molecule has 2 aliphatic rings. The van der Waals surface area contributed by atoms with Gasteiger partial charge in [-0.1, -0.05) is 0 Å². The number of nitrogens with zero attached hydrogens (tertiary/aromatic N) is 2. The van der Waals surface area contributed by atoms with E-state index in [0.29, 0.717) is 5.92 Å². The van der Waals surface area contributed by atoms with Crippen molar-refractivity contribution in [2.45, 2.75) is 30.9 Å². The minimum atomic E-state index is 0.0133. The maximum atomic E-state index is 6.37. The summed E-state index contributed by atoms with van der Waals surface area (Å²) in [5, 5.41) is 0. The van der Waals surface area contributed by atoms with Crippen LogP contribution in [0.3, 0.4) is 0 Å². The highest BCUT2D eigenvalue weighted by Crippen LogP contribution is 2.43. The average Bonchev–Trinajstić information content (AvgIpc) is 2.87. The van der Waals surface area contributed by atoms with Crippen LogP contribution < -0.4 is 5.73 Å². The molecule has 2 aliphatic heterocycles. The Morgan fingerprint density at radius 3 is 3.22 bits per heavy atom. The zero-order valence-electron chi connectivity index (χ0n) is 10.4. The number of aromatic nitrogens is 2. The van der Waals surface area contributed by atoms with Gasteiger partial charge in [-0.25, -0.2) is 9.97 Å². The van der Waals surface area contributed by atoms with Gasteiger partial charge in [-0.3, -0.25) is 0 Å². The first kappa shape index (κ1) is 12.4. The number of hydrogen-bond donors (Lipinski definition) is 1. The summed E-state index contributed by atoms with van der Waals surface area (Å²) < 4.78 is 6.03. The van der Waals surface area contributed by atoms with E-state index in [2.05, 4.69) is 9.97 Å². The van der Waals surface area contributed by atoms with Crippen molar-refractivity contribution in [1.82, 2.24) is 9.97 Å². The lowest BCUT2D eigenvalue weighted by Crippen LogP contribution is -2.42. The molecule has 1 aromatic rings. The molecule has 18 heavy (non-hydrogen) atoms. The van der Waals surface area contributed by atoms with Gasteiger partial charge in [-0.2, -0.15) is 11.8 Å². The molecule has 0 saturated carbocycles. The average molecular weight is 265 g/mol. The molecule has 0 aromatic carbocycles. The van der Waals surface area contributed by atoms with Gasteiger partial charge in [0.2, 0.25) is 0 Å². The molecule has 5 heteroatoms. The van der Waals surface area contributed by atoms with Gasteiger partial charge in [0, 0.05) is 18.6 Å². The summed E-state index contributed by atoms with van der Waals surface area (Å²) in [6, 6.07) is 1.94. The molecule has 0 aliphatic carbocycles. The maximum Gasteiger partial charge on any atom is 0.115 e. The standard InChI is InChI=1S/C13H19N3OS/c14-12(11-1-4-15-9-16-11)10-2-5-17-13(7-10)3-6-18-8-13/h1,4,9-10,12H,2-3,5-8,14H2. The van der Waals surface area contributed by atoms with Gasteiger partial charge in [0.1, 0.15) is 6.33 Å². The molecule has 3 heterocycles. The van der Waals surface area contributed by atoms with Crippen molar-refractivity contribution >= 4 is 11.8 Å². The first-order valence-electron chi connectivity index (χ1n) is 6.52. The molecule has 1 spiro atoms. The normalized spacial score (nSPS) is 33.7. The van der Waals surface area contributed by atoms with Crippen LogP contribution in [0.25, 0.3) is 0 Å². The second kappa shape index (κ2) is 5.15. The number of nitrogens with two attached hydrogens (primary N) is 1. The van der Waals surface area contributed by atoms with Gasteiger partial charge in [0.15, 0.2) is 0 Å². The molecule has 1 aromatic heterocycles. The number of ether oxygens (including phenoxy) is 1. The van der Waals surface area contributed by atoms with E-state index >= 15 is 0 Å². The third kappa shape index (κ3) is 2.39. The third-order valence-corrected chi connectivity index (χ3v) is 5.28. The van der Waals surface area contributed by atoms with E-state index < -0.39 is 0 Å². The van der Waals surface area contributed by atoms with Crippen molar-refractivity contribution < 1.29 is 4.74 Å². The number of rotatable bonds is 2. The monoisotopic (exact) mass is 265 g/mol. The predicted octanol–water partition coefficient (Wildman–Crippen LogP) is 1.78. The summed E-state index contributed by atoms with van der Waals surface area (Å²) in [5.74, 6) is 2.82. The molecule has 2 saturated heterocycles. The Hall–Kier alpha value is -0.650. The highest BCUT2D eigenvalue weighted by Gasteiger charge is 2.42. The fourth-order valence-corrected chi connectivity index (χ4v) is 4.35. The van der Waals surface area contributed by atoms with Crippen LogP contribution in [0.1, 0.15) is 31.0 Å².